The number of halogens is 1. The molecule has 0 aromatic heterocycles. The monoisotopic (exact) mass is 456 g/mol. The van der Waals surface area contributed by atoms with Crippen molar-refractivity contribution in [3.05, 3.63) is 51.5 Å². The van der Waals surface area contributed by atoms with Gasteiger partial charge in [0.25, 0.3) is 0 Å². The number of allylic oxidation sites excluding steroid dienone is 1. The van der Waals surface area contributed by atoms with Crippen LogP contribution in [0.25, 0.3) is 6.08 Å². The van der Waals surface area contributed by atoms with Crippen LogP contribution < -0.4 is 0 Å². The van der Waals surface area contributed by atoms with E-state index in [4.69, 9.17) is 0 Å². The topological polar surface area (TPSA) is 40.5 Å². The van der Waals surface area contributed by atoms with E-state index in [9.17, 15) is 10.2 Å². The fraction of sp³-hybridized carbons (Fsp3) is 0.615. The summed E-state index contributed by atoms with van der Waals surface area (Å²) < 4.78 is 1.09. The van der Waals surface area contributed by atoms with E-state index >= 15 is 0 Å². The van der Waals surface area contributed by atoms with Crippen molar-refractivity contribution in [1.82, 2.24) is 0 Å². The molecule has 4 aliphatic rings. The van der Waals surface area contributed by atoms with Crippen LogP contribution in [0, 0.1) is 28.6 Å². The van der Waals surface area contributed by atoms with Gasteiger partial charge in [-0.05, 0) is 91.4 Å². The normalized spacial score (nSPS) is 45.3. The van der Waals surface area contributed by atoms with E-state index in [1.807, 2.05) is 0 Å². The molecule has 3 heteroatoms. The molecule has 0 heterocycles. The maximum absolute atomic E-state index is 11.4. The van der Waals surface area contributed by atoms with Crippen LogP contribution in [0.5, 0.6) is 0 Å². The molecule has 156 valence electrons. The third-order valence-electron chi connectivity index (χ3n) is 9.17. The Labute approximate surface area is 183 Å². The molecule has 5 rings (SSSR count). The van der Waals surface area contributed by atoms with Gasteiger partial charge in [-0.1, -0.05) is 59.6 Å². The Kier molecular flexibility index (Phi) is 4.88. The van der Waals surface area contributed by atoms with E-state index in [0.717, 1.165) is 43.0 Å². The summed E-state index contributed by atoms with van der Waals surface area (Å²) in [6, 6.07) is 8.40. The zero-order valence-electron chi connectivity index (χ0n) is 17.6. The second-order valence-electron chi connectivity index (χ2n) is 10.6. The van der Waals surface area contributed by atoms with Crippen molar-refractivity contribution in [3.8, 4) is 0 Å². The predicted octanol–water partition coefficient (Wildman–Crippen LogP) is 6.13. The van der Waals surface area contributed by atoms with Crippen LogP contribution in [-0.2, 0) is 0 Å². The number of aliphatic hydroxyl groups excluding tert-OH is 2. The highest BCUT2D eigenvalue weighted by Crippen LogP contribution is 2.65. The van der Waals surface area contributed by atoms with Gasteiger partial charge in [0.15, 0.2) is 0 Å². The number of rotatable bonds is 1. The molecule has 29 heavy (non-hydrogen) atoms. The SMILES string of the molecule is C[C@]12CC[C@@H]3[C@H](CC=C4C[C@@H](O)CC[C@@]43C)[C@H]1C/C(=C/c1ccc(Br)cc1)[C@@H]2O. The Morgan fingerprint density at radius 3 is 2.52 bits per heavy atom. The molecule has 0 spiro atoms. The molecular weight excluding hydrogens is 424 g/mol. The lowest BCUT2D eigenvalue weighted by molar-refractivity contribution is -0.0685. The van der Waals surface area contributed by atoms with Gasteiger partial charge in [0.05, 0.1) is 12.2 Å². The van der Waals surface area contributed by atoms with Gasteiger partial charge in [0.1, 0.15) is 0 Å². The number of hydrogen-bond acceptors (Lipinski definition) is 2. The Hall–Kier alpha value is -0.900. The quantitative estimate of drug-likeness (QED) is 0.499. The lowest BCUT2D eigenvalue weighted by Crippen LogP contribution is -2.51. The summed E-state index contributed by atoms with van der Waals surface area (Å²) in [6.45, 7) is 4.81. The number of aliphatic hydroxyl groups is 2. The highest BCUT2D eigenvalue weighted by molar-refractivity contribution is 9.10. The van der Waals surface area contributed by atoms with Crippen LogP contribution in [-0.4, -0.2) is 22.4 Å². The van der Waals surface area contributed by atoms with Crippen LogP contribution in [0.1, 0.15) is 64.4 Å². The zero-order chi connectivity index (χ0) is 20.4. The van der Waals surface area contributed by atoms with Crippen molar-refractivity contribution in [2.45, 2.75) is 71.0 Å². The van der Waals surface area contributed by atoms with Crippen molar-refractivity contribution in [2.24, 2.45) is 28.6 Å². The van der Waals surface area contributed by atoms with Gasteiger partial charge in [0.2, 0.25) is 0 Å². The minimum absolute atomic E-state index is 0.00174. The van der Waals surface area contributed by atoms with Crippen molar-refractivity contribution in [3.63, 3.8) is 0 Å². The molecule has 0 unspecified atom stereocenters. The first-order chi connectivity index (χ1) is 13.8. The van der Waals surface area contributed by atoms with E-state index in [0.29, 0.717) is 17.8 Å². The fourth-order valence-electron chi connectivity index (χ4n) is 7.41. The average Bonchev–Trinajstić information content (AvgIpc) is 2.95. The van der Waals surface area contributed by atoms with Gasteiger partial charge in [0, 0.05) is 9.89 Å². The fourth-order valence-corrected chi connectivity index (χ4v) is 7.68. The van der Waals surface area contributed by atoms with Gasteiger partial charge < -0.3 is 10.2 Å². The molecule has 0 bridgehead atoms. The molecule has 7 atom stereocenters. The summed E-state index contributed by atoms with van der Waals surface area (Å²) in [5.41, 5.74) is 4.18. The Balaban J connectivity index is 1.46. The third kappa shape index (κ3) is 3.11. The number of hydrogen-bond donors (Lipinski definition) is 2. The third-order valence-corrected chi connectivity index (χ3v) is 9.70. The summed E-state index contributed by atoms with van der Waals surface area (Å²) in [5.74, 6) is 1.91. The van der Waals surface area contributed by atoms with E-state index in [1.165, 1.54) is 23.1 Å². The Morgan fingerprint density at radius 2 is 1.76 bits per heavy atom. The Morgan fingerprint density at radius 1 is 1.00 bits per heavy atom. The minimum atomic E-state index is -0.330. The number of fused-ring (bicyclic) bond motifs is 5. The molecule has 0 saturated heterocycles. The van der Waals surface area contributed by atoms with E-state index in [2.05, 4.69) is 66.2 Å². The molecule has 3 saturated carbocycles. The molecule has 2 nitrogen and oxygen atoms in total. The maximum atomic E-state index is 11.4. The second kappa shape index (κ2) is 7.07. The summed E-state index contributed by atoms with van der Waals surface area (Å²) >= 11 is 3.51. The van der Waals surface area contributed by atoms with Crippen LogP contribution >= 0.6 is 15.9 Å². The molecule has 3 fully saturated rings. The van der Waals surface area contributed by atoms with E-state index < -0.39 is 0 Å². The van der Waals surface area contributed by atoms with Gasteiger partial charge >= 0.3 is 0 Å². The van der Waals surface area contributed by atoms with E-state index in [1.54, 1.807) is 0 Å². The predicted molar refractivity (Wildman–Crippen MR) is 121 cm³/mol. The summed E-state index contributed by atoms with van der Waals surface area (Å²) in [7, 11) is 0. The molecule has 0 radical (unpaired) electrons. The van der Waals surface area contributed by atoms with Crippen LogP contribution in [0.2, 0.25) is 0 Å². The minimum Gasteiger partial charge on any atom is -0.393 e. The van der Waals surface area contributed by atoms with Crippen LogP contribution in [0.4, 0.5) is 0 Å². The largest absolute Gasteiger partial charge is 0.393 e. The summed E-state index contributed by atoms with van der Waals surface area (Å²) in [4.78, 5) is 0. The lowest BCUT2D eigenvalue weighted by Gasteiger charge is -2.57. The van der Waals surface area contributed by atoms with E-state index in [-0.39, 0.29) is 23.0 Å². The van der Waals surface area contributed by atoms with Crippen LogP contribution in [0.15, 0.2) is 46.0 Å². The molecular formula is C26H33BrO2. The summed E-state index contributed by atoms with van der Waals surface area (Å²) in [5, 5.41) is 21.5. The highest BCUT2D eigenvalue weighted by atomic mass is 79.9. The second-order valence-corrected chi connectivity index (χ2v) is 11.5. The zero-order valence-corrected chi connectivity index (χ0v) is 19.2. The molecule has 2 N–H and O–H groups in total. The first-order valence-electron chi connectivity index (χ1n) is 11.3. The first-order valence-corrected chi connectivity index (χ1v) is 12.1. The molecule has 1 aromatic carbocycles. The van der Waals surface area contributed by atoms with Gasteiger partial charge in [-0.3, -0.25) is 0 Å². The van der Waals surface area contributed by atoms with Crippen LogP contribution in [0.3, 0.4) is 0 Å². The van der Waals surface area contributed by atoms with Gasteiger partial charge in [-0.2, -0.15) is 0 Å². The van der Waals surface area contributed by atoms with Crippen molar-refractivity contribution in [2.75, 3.05) is 0 Å². The molecule has 0 aliphatic heterocycles. The maximum Gasteiger partial charge on any atom is 0.0809 e. The average molecular weight is 457 g/mol. The first kappa shape index (κ1) is 20.0. The molecule has 0 amide bonds. The smallest absolute Gasteiger partial charge is 0.0809 e. The standard InChI is InChI=1S/C26H33BrO2/c1-25-11-9-20(28)15-18(25)5-8-21-22(25)10-12-26(2)23(21)14-17(24(26)29)13-16-3-6-19(27)7-4-16/h3-7,13,20-24,28-29H,8-12,14-15H2,1-2H3/b17-13-/t20-,21-,22+,23+,24-,25-,26-/m0/s1. The van der Waals surface area contributed by atoms with Crippen molar-refractivity contribution in [1.29, 1.82) is 0 Å². The van der Waals surface area contributed by atoms with Crippen molar-refractivity contribution >= 4 is 22.0 Å². The van der Waals surface area contributed by atoms with Gasteiger partial charge in [-0.15, -0.1) is 0 Å². The molecule has 4 aliphatic carbocycles. The highest BCUT2D eigenvalue weighted by Gasteiger charge is 2.59. The van der Waals surface area contributed by atoms with Gasteiger partial charge in [-0.25, -0.2) is 0 Å². The lowest BCUT2D eigenvalue weighted by atomic mass is 9.48. The number of benzene rings is 1. The summed E-state index contributed by atoms with van der Waals surface area (Å²) in [6.07, 6.45) is 11.6. The Bertz CT molecular complexity index is 856. The van der Waals surface area contributed by atoms with Crippen molar-refractivity contribution < 1.29 is 10.2 Å². The molecule has 1 aromatic rings.